The Balaban J connectivity index is 1.57. The van der Waals surface area contributed by atoms with E-state index in [1.165, 1.54) is 29.5 Å². The number of amides is 1. The van der Waals surface area contributed by atoms with Crippen LogP contribution in [0.4, 0.5) is 11.4 Å². The van der Waals surface area contributed by atoms with Crippen LogP contribution in [0.5, 0.6) is 0 Å². The van der Waals surface area contributed by atoms with E-state index in [-0.39, 0.29) is 18.0 Å². The lowest BCUT2D eigenvalue weighted by atomic mass is 10.2. The number of nitrogens with zero attached hydrogens (tertiary/aromatic N) is 3. The molecule has 0 bridgehead atoms. The predicted molar refractivity (Wildman–Crippen MR) is 119 cm³/mol. The second-order valence-corrected chi connectivity index (χ2v) is 8.33. The number of aromatic nitrogens is 1. The second kappa shape index (κ2) is 9.80. The molecule has 0 fully saturated rings. The molecule has 0 saturated heterocycles. The lowest BCUT2D eigenvalue weighted by Gasteiger charge is -2.16. The summed E-state index contributed by atoms with van der Waals surface area (Å²) in [6.45, 7) is 2.93. The summed E-state index contributed by atoms with van der Waals surface area (Å²) in [6, 6.07) is 12.0. The molecule has 3 rings (SSSR count). The van der Waals surface area contributed by atoms with Crippen LogP contribution in [0.25, 0.3) is 0 Å². The highest BCUT2D eigenvalue weighted by molar-refractivity contribution is 7.09. The van der Waals surface area contributed by atoms with Crippen molar-refractivity contribution < 1.29 is 9.72 Å². The van der Waals surface area contributed by atoms with Gasteiger partial charge in [0.05, 0.1) is 17.0 Å². The first-order chi connectivity index (χ1) is 14.3. The number of hydrogen-bond acceptors (Lipinski definition) is 6. The van der Waals surface area contributed by atoms with Crippen LogP contribution in [0.15, 0.2) is 47.8 Å². The topological polar surface area (TPSA) is 88.4 Å². The Hall–Kier alpha value is -2.81. The van der Waals surface area contributed by atoms with Gasteiger partial charge in [0, 0.05) is 41.3 Å². The summed E-state index contributed by atoms with van der Waals surface area (Å²) in [7, 11) is 1.89. The number of aryl methyl sites for hydroxylation is 1. The maximum atomic E-state index is 12.3. The molecule has 0 saturated carbocycles. The van der Waals surface area contributed by atoms with Crippen LogP contribution in [0.2, 0.25) is 5.02 Å². The van der Waals surface area contributed by atoms with Crippen LogP contribution >= 0.6 is 22.9 Å². The number of carbonyl (C=O) groups is 1. The Morgan fingerprint density at radius 1 is 1.27 bits per heavy atom. The van der Waals surface area contributed by atoms with Crippen molar-refractivity contribution in [1.82, 2.24) is 9.88 Å². The number of nitro groups is 1. The van der Waals surface area contributed by atoms with E-state index in [0.29, 0.717) is 23.7 Å². The van der Waals surface area contributed by atoms with Gasteiger partial charge in [-0.1, -0.05) is 29.8 Å². The van der Waals surface area contributed by atoms with Gasteiger partial charge in [0.15, 0.2) is 0 Å². The monoisotopic (exact) mass is 444 g/mol. The molecule has 1 N–H and O–H groups in total. The van der Waals surface area contributed by atoms with Crippen molar-refractivity contribution in [3.63, 3.8) is 0 Å². The van der Waals surface area contributed by atoms with Gasteiger partial charge in [-0.2, -0.15) is 0 Å². The quantitative estimate of drug-likeness (QED) is 0.397. The number of thiazole rings is 1. The molecule has 2 aromatic carbocycles. The van der Waals surface area contributed by atoms with Crippen LogP contribution in [-0.4, -0.2) is 27.8 Å². The average molecular weight is 445 g/mol. The van der Waals surface area contributed by atoms with Gasteiger partial charge >= 0.3 is 0 Å². The summed E-state index contributed by atoms with van der Waals surface area (Å²) in [6.07, 6.45) is 0.208. The molecule has 7 nitrogen and oxygen atoms in total. The Labute approximate surface area is 183 Å². The first kappa shape index (κ1) is 21.9. The average Bonchev–Trinajstić information content (AvgIpc) is 3.11. The number of hydrogen-bond donors (Lipinski definition) is 1. The van der Waals surface area contributed by atoms with Crippen molar-refractivity contribution in [2.45, 2.75) is 26.4 Å². The molecule has 1 heterocycles. The predicted octanol–water partition coefficient (Wildman–Crippen LogP) is 4.83. The van der Waals surface area contributed by atoms with E-state index in [0.717, 1.165) is 22.0 Å². The lowest BCUT2D eigenvalue weighted by molar-refractivity contribution is -0.384. The highest BCUT2D eigenvalue weighted by atomic mass is 35.5. The fourth-order valence-electron chi connectivity index (χ4n) is 2.97. The summed E-state index contributed by atoms with van der Waals surface area (Å²) in [5, 5.41) is 17.0. The summed E-state index contributed by atoms with van der Waals surface area (Å²) >= 11 is 7.62. The molecule has 0 atom stereocenters. The van der Waals surface area contributed by atoms with Crippen LogP contribution in [0.3, 0.4) is 0 Å². The first-order valence-corrected chi connectivity index (χ1v) is 10.5. The zero-order valence-electron chi connectivity index (χ0n) is 16.6. The molecule has 156 valence electrons. The normalized spacial score (nSPS) is 10.9. The summed E-state index contributed by atoms with van der Waals surface area (Å²) < 4.78 is 0. The molecule has 1 amide bonds. The molecule has 0 aliphatic heterocycles. The van der Waals surface area contributed by atoms with Gasteiger partial charge < -0.3 is 5.32 Å². The molecule has 1 aromatic heterocycles. The smallest absolute Gasteiger partial charge is 0.269 e. The van der Waals surface area contributed by atoms with Gasteiger partial charge in [0.1, 0.15) is 5.01 Å². The SMILES string of the molecule is Cc1ccccc1NC(=O)Cc1nc(CN(C)Cc2cc([N+](=O)[O-])ccc2Cl)cs1. The number of carbonyl (C=O) groups excluding carboxylic acids is 1. The van der Waals surface area contributed by atoms with E-state index in [9.17, 15) is 14.9 Å². The maximum absolute atomic E-state index is 12.3. The van der Waals surface area contributed by atoms with Crippen LogP contribution in [0.1, 0.15) is 21.8 Å². The van der Waals surface area contributed by atoms with E-state index in [1.54, 1.807) is 0 Å². The number of nitro benzene ring substituents is 1. The van der Waals surface area contributed by atoms with Crippen molar-refractivity contribution in [2.24, 2.45) is 0 Å². The minimum atomic E-state index is -0.436. The number of benzene rings is 2. The largest absolute Gasteiger partial charge is 0.325 e. The number of rotatable bonds is 8. The van der Waals surface area contributed by atoms with Crippen LogP contribution in [-0.2, 0) is 24.3 Å². The highest BCUT2D eigenvalue weighted by Crippen LogP contribution is 2.24. The van der Waals surface area contributed by atoms with Gasteiger partial charge in [-0.3, -0.25) is 19.8 Å². The van der Waals surface area contributed by atoms with Crippen molar-refractivity contribution >= 4 is 40.2 Å². The molecule has 0 aliphatic carbocycles. The number of para-hydroxylation sites is 1. The van der Waals surface area contributed by atoms with E-state index in [2.05, 4.69) is 10.3 Å². The molecule has 0 spiro atoms. The van der Waals surface area contributed by atoms with Crippen molar-refractivity contribution in [1.29, 1.82) is 0 Å². The number of nitrogens with one attached hydrogen (secondary N) is 1. The summed E-state index contributed by atoms with van der Waals surface area (Å²) in [5.41, 5.74) is 3.34. The molecule has 9 heteroatoms. The second-order valence-electron chi connectivity index (χ2n) is 6.98. The van der Waals surface area contributed by atoms with E-state index in [4.69, 9.17) is 11.6 Å². The van der Waals surface area contributed by atoms with Crippen molar-refractivity contribution in [3.8, 4) is 0 Å². The third-order valence-corrected chi connectivity index (χ3v) is 5.71. The molecule has 3 aromatic rings. The van der Waals surface area contributed by atoms with E-state index < -0.39 is 4.92 Å². The third kappa shape index (κ3) is 5.85. The third-order valence-electron chi connectivity index (χ3n) is 4.44. The molecular weight excluding hydrogens is 424 g/mol. The molecule has 30 heavy (non-hydrogen) atoms. The number of halogens is 1. The standard InChI is InChI=1S/C21H21ClN4O3S/c1-14-5-3-4-6-19(14)24-20(27)10-21-23-16(13-30-21)12-25(2)11-15-9-17(26(28)29)7-8-18(15)22/h3-9,13H,10-12H2,1-2H3,(H,24,27). The van der Waals surface area contributed by atoms with Gasteiger partial charge in [-0.05, 0) is 37.2 Å². The number of non-ortho nitro benzene ring substituents is 1. The molecular formula is C21H21ClN4O3S. The zero-order chi connectivity index (χ0) is 21.7. The molecule has 0 aliphatic rings. The Morgan fingerprint density at radius 3 is 2.77 bits per heavy atom. The fourth-order valence-corrected chi connectivity index (χ4v) is 3.93. The Bertz CT molecular complexity index is 1070. The van der Waals surface area contributed by atoms with E-state index >= 15 is 0 Å². The summed E-state index contributed by atoms with van der Waals surface area (Å²) in [5.74, 6) is -0.109. The lowest BCUT2D eigenvalue weighted by Crippen LogP contribution is -2.18. The minimum Gasteiger partial charge on any atom is -0.325 e. The minimum absolute atomic E-state index is 0.0124. The fraction of sp³-hybridized carbons (Fsp3) is 0.238. The van der Waals surface area contributed by atoms with Crippen LogP contribution in [0, 0.1) is 17.0 Å². The Morgan fingerprint density at radius 2 is 2.03 bits per heavy atom. The summed E-state index contributed by atoms with van der Waals surface area (Å²) in [4.78, 5) is 29.4. The van der Waals surface area contributed by atoms with Gasteiger partial charge in [-0.25, -0.2) is 4.98 Å². The van der Waals surface area contributed by atoms with Gasteiger partial charge in [-0.15, -0.1) is 11.3 Å². The molecule has 0 unspecified atom stereocenters. The van der Waals surface area contributed by atoms with Gasteiger partial charge in [0.2, 0.25) is 5.91 Å². The van der Waals surface area contributed by atoms with Crippen LogP contribution < -0.4 is 5.32 Å². The van der Waals surface area contributed by atoms with Crippen molar-refractivity contribution in [2.75, 3.05) is 12.4 Å². The van der Waals surface area contributed by atoms with Gasteiger partial charge in [0.25, 0.3) is 5.69 Å². The van der Waals surface area contributed by atoms with Crippen molar-refractivity contribution in [3.05, 3.63) is 84.8 Å². The highest BCUT2D eigenvalue weighted by Gasteiger charge is 2.14. The number of anilines is 1. The Kier molecular flexibility index (Phi) is 7.15. The zero-order valence-corrected chi connectivity index (χ0v) is 18.2. The maximum Gasteiger partial charge on any atom is 0.269 e. The first-order valence-electron chi connectivity index (χ1n) is 9.22. The van der Waals surface area contributed by atoms with E-state index in [1.807, 2.05) is 48.5 Å². The molecule has 0 radical (unpaired) electrons.